The second-order valence-corrected chi connectivity index (χ2v) is 7.18. The van der Waals surface area contributed by atoms with Crippen LogP contribution < -0.4 is 0 Å². The van der Waals surface area contributed by atoms with Gasteiger partial charge in [-0.05, 0) is 67.2 Å². The van der Waals surface area contributed by atoms with Crippen LogP contribution in [0.4, 0.5) is 4.39 Å². The van der Waals surface area contributed by atoms with Crippen LogP contribution in [0.25, 0.3) is 22.6 Å². The van der Waals surface area contributed by atoms with Crippen LogP contribution in [-0.4, -0.2) is 23.3 Å². The Balaban J connectivity index is 1.87. The fourth-order valence-corrected chi connectivity index (χ4v) is 3.71. The normalized spacial score (nSPS) is 14.6. The van der Waals surface area contributed by atoms with Crippen molar-refractivity contribution in [3.05, 3.63) is 76.7 Å². The molecule has 1 heterocycles. The third kappa shape index (κ3) is 3.94. The van der Waals surface area contributed by atoms with E-state index < -0.39 is 5.97 Å². The number of ketones is 1. The molecule has 4 nitrogen and oxygen atoms in total. The number of carbonyl (C=O) groups is 2. The molecule has 2 aromatic carbocycles. The number of pyridine rings is 1. The summed E-state index contributed by atoms with van der Waals surface area (Å²) in [5.41, 5.74) is 4.68. The summed E-state index contributed by atoms with van der Waals surface area (Å²) >= 11 is 0. The highest BCUT2D eigenvalue weighted by atomic mass is 19.1. The molecule has 1 aromatic heterocycles. The Kier molecular flexibility index (Phi) is 5.21. The predicted molar refractivity (Wildman–Crippen MR) is 110 cm³/mol. The Labute approximate surface area is 168 Å². The molecule has 0 saturated carbocycles. The number of aromatic nitrogens is 1. The molecule has 0 saturated heterocycles. The molecular weight excluding hydrogens is 369 g/mol. The Hall–Kier alpha value is -3.34. The lowest BCUT2D eigenvalue weighted by atomic mass is 9.86. The molecule has 1 aliphatic carbocycles. The monoisotopic (exact) mass is 389 g/mol. The summed E-state index contributed by atoms with van der Waals surface area (Å²) in [5, 5.41) is 0.725. The van der Waals surface area contributed by atoms with Crippen molar-refractivity contribution in [1.82, 2.24) is 4.98 Å². The number of carbonyl (C=O) groups excluding carboxylic acids is 2. The molecule has 0 amide bonds. The fourth-order valence-electron chi connectivity index (χ4n) is 3.71. The largest absolute Gasteiger partial charge is 0.454 e. The zero-order valence-corrected chi connectivity index (χ0v) is 16.1. The molecule has 0 N–H and O–H groups in total. The van der Waals surface area contributed by atoms with E-state index in [-0.39, 0.29) is 18.2 Å². The zero-order valence-electron chi connectivity index (χ0n) is 16.1. The topological polar surface area (TPSA) is 56.3 Å². The summed E-state index contributed by atoms with van der Waals surface area (Å²) in [6, 6.07) is 13.7. The summed E-state index contributed by atoms with van der Waals surface area (Å²) in [5.74, 6) is -0.989. The first-order chi connectivity index (χ1) is 14.0. The Morgan fingerprint density at radius 1 is 1.10 bits per heavy atom. The van der Waals surface area contributed by atoms with E-state index >= 15 is 0 Å². The van der Waals surface area contributed by atoms with Gasteiger partial charge in [-0.1, -0.05) is 30.3 Å². The number of para-hydroxylation sites is 1. The summed E-state index contributed by atoms with van der Waals surface area (Å²) < 4.78 is 18.5. The molecule has 146 valence electrons. The van der Waals surface area contributed by atoms with E-state index in [9.17, 15) is 14.0 Å². The van der Waals surface area contributed by atoms with Crippen LogP contribution in [0, 0.1) is 5.82 Å². The lowest BCUT2D eigenvalue weighted by molar-refractivity contribution is -0.120. The van der Waals surface area contributed by atoms with Gasteiger partial charge in [0.05, 0.1) is 16.8 Å². The second-order valence-electron chi connectivity index (χ2n) is 7.18. The number of esters is 1. The van der Waals surface area contributed by atoms with Gasteiger partial charge in [-0.3, -0.25) is 4.79 Å². The summed E-state index contributed by atoms with van der Waals surface area (Å²) in [4.78, 5) is 29.0. The molecular formula is C24H20FNO3. The lowest BCUT2D eigenvalue weighted by Crippen LogP contribution is -2.17. The zero-order chi connectivity index (χ0) is 20.4. The highest BCUT2D eigenvalue weighted by Crippen LogP contribution is 2.36. The highest BCUT2D eigenvalue weighted by molar-refractivity contribution is 6.07. The highest BCUT2D eigenvalue weighted by Gasteiger charge is 2.26. The van der Waals surface area contributed by atoms with Crippen LogP contribution in [0.5, 0.6) is 0 Å². The van der Waals surface area contributed by atoms with Crippen LogP contribution >= 0.6 is 0 Å². The molecule has 0 fully saturated rings. The van der Waals surface area contributed by atoms with E-state index in [0.29, 0.717) is 17.5 Å². The smallest absolute Gasteiger partial charge is 0.339 e. The number of hydrogen-bond acceptors (Lipinski definition) is 4. The molecule has 0 aliphatic heterocycles. The number of benzene rings is 2. The van der Waals surface area contributed by atoms with Gasteiger partial charge in [-0.15, -0.1) is 0 Å². The van der Waals surface area contributed by atoms with Crippen molar-refractivity contribution in [2.24, 2.45) is 0 Å². The number of nitrogens with zero attached hydrogens (tertiary/aromatic N) is 1. The maximum absolute atomic E-state index is 13.2. The standard InChI is InChI=1S/C24H20FNO3/c1-15(27)14-29-24(28)22-19-6-2-3-8-21(19)26-23-17(5-4-7-20(22)23)13-16-9-11-18(25)12-10-16/h2-3,6,8-13H,4-5,7,14H2,1H3. The van der Waals surface area contributed by atoms with Crippen molar-refractivity contribution < 1.29 is 18.7 Å². The number of halogens is 1. The summed E-state index contributed by atoms with van der Waals surface area (Å²) in [6.45, 7) is 1.14. The Morgan fingerprint density at radius 2 is 1.86 bits per heavy atom. The quantitative estimate of drug-likeness (QED) is 0.590. The van der Waals surface area contributed by atoms with Crippen molar-refractivity contribution in [2.45, 2.75) is 26.2 Å². The molecule has 0 atom stereocenters. The van der Waals surface area contributed by atoms with Gasteiger partial charge in [0.2, 0.25) is 0 Å². The lowest BCUT2D eigenvalue weighted by Gasteiger charge is -2.22. The average molecular weight is 389 g/mol. The average Bonchev–Trinajstić information content (AvgIpc) is 2.72. The number of allylic oxidation sites excluding steroid dienone is 1. The van der Waals surface area contributed by atoms with Gasteiger partial charge in [0.1, 0.15) is 12.4 Å². The van der Waals surface area contributed by atoms with E-state index in [4.69, 9.17) is 9.72 Å². The van der Waals surface area contributed by atoms with Crippen molar-refractivity contribution in [3.63, 3.8) is 0 Å². The minimum Gasteiger partial charge on any atom is -0.454 e. The van der Waals surface area contributed by atoms with Crippen molar-refractivity contribution >= 4 is 34.3 Å². The molecule has 5 heteroatoms. The van der Waals surface area contributed by atoms with Crippen LogP contribution in [-0.2, 0) is 16.0 Å². The molecule has 0 unspecified atom stereocenters. The Bertz CT molecular complexity index is 1130. The van der Waals surface area contributed by atoms with E-state index in [1.165, 1.54) is 19.1 Å². The number of Topliss-reactive ketones (excluding diaryl/α,β-unsaturated/α-hetero) is 1. The van der Waals surface area contributed by atoms with Crippen molar-refractivity contribution in [2.75, 3.05) is 6.61 Å². The van der Waals surface area contributed by atoms with Gasteiger partial charge in [-0.2, -0.15) is 0 Å². The minimum absolute atomic E-state index is 0.206. The van der Waals surface area contributed by atoms with Gasteiger partial charge < -0.3 is 4.74 Å². The van der Waals surface area contributed by atoms with Crippen LogP contribution in [0.1, 0.15) is 46.9 Å². The van der Waals surface area contributed by atoms with Gasteiger partial charge in [-0.25, -0.2) is 14.2 Å². The fraction of sp³-hybridized carbons (Fsp3) is 0.208. The molecule has 3 aromatic rings. The predicted octanol–water partition coefficient (Wildman–Crippen LogP) is 5.00. The maximum Gasteiger partial charge on any atom is 0.339 e. The summed E-state index contributed by atoms with van der Waals surface area (Å²) in [7, 11) is 0. The van der Waals surface area contributed by atoms with E-state index in [1.54, 1.807) is 12.1 Å². The number of ether oxygens (including phenoxy) is 1. The molecule has 0 radical (unpaired) electrons. The molecule has 0 spiro atoms. The van der Waals surface area contributed by atoms with Crippen molar-refractivity contribution in [1.29, 1.82) is 0 Å². The van der Waals surface area contributed by atoms with Crippen molar-refractivity contribution in [3.8, 4) is 0 Å². The molecule has 1 aliphatic rings. The number of fused-ring (bicyclic) bond motifs is 2. The number of rotatable bonds is 4. The maximum atomic E-state index is 13.2. The Morgan fingerprint density at radius 3 is 2.62 bits per heavy atom. The second kappa shape index (κ2) is 7.95. The van der Waals surface area contributed by atoms with E-state index in [2.05, 4.69) is 0 Å². The van der Waals surface area contributed by atoms with Crippen LogP contribution in [0.3, 0.4) is 0 Å². The third-order valence-electron chi connectivity index (χ3n) is 4.99. The van der Waals surface area contributed by atoms with Gasteiger partial charge >= 0.3 is 5.97 Å². The number of hydrogen-bond donors (Lipinski definition) is 0. The first-order valence-corrected chi connectivity index (χ1v) is 9.57. The van der Waals surface area contributed by atoms with Gasteiger partial charge in [0.25, 0.3) is 0 Å². The first kappa shape index (κ1) is 19.0. The van der Waals surface area contributed by atoms with Gasteiger partial charge in [0.15, 0.2) is 5.78 Å². The van der Waals surface area contributed by atoms with Gasteiger partial charge in [0, 0.05) is 5.39 Å². The first-order valence-electron chi connectivity index (χ1n) is 9.57. The van der Waals surface area contributed by atoms with E-state index in [0.717, 1.165) is 40.6 Å². The molecule has 29 heavy (non-hydrogen) atoms. The van der Waals surface area contributed by atoms with Crippen LogP contribution in [0.15, 0.2) is 48.5 Å². The van der Waals surface area contributed by atoms with E-state index in [1.807, 2.05) is 30.3 Å². The summed E-state index contributed by atoms with van der Waals surface area (Å²) in [6.07, 6.45) is 4.38. The molecule has 0 bridgehead atoms. The van der Waals surface area contributed by atoms with Crippen LogP contribution in [0.2, 0.25) is 0 Å². The molecule has 4 rings (SSSR count). The minimum atomic E-state index is -0.502. The SMILES string of the molecule is CC(=O)COC(=O)c1c2c(nc3ccccc13)C(=Cc1ccc(F)cc1)CCC2. The third-order valence-corrected chi connectivity index (χ3v) is 4.99.